The number of hydrogen-bond acceptors (Lipinski definition) is 7. The molecular formula is C24H27BrN8S2. The summed E-state index contributed by atoms with van der Waals surface area (Å²) < 4.78 is 2.89. The van der Waals surface area contributed by atoms with Crippen molar-refractivity contribution in [2.24, 2.45) is 0 Å². The third-order valence-electron chi connectivity index (χ3n) is 5.04. The maximum absolute atomic E-state index is 5.40. The molecule has 4 rings (SSSR count). The third kappa shape index (κ3) is 7.36. The Bertz CT molecular complexity index is 1250. The van der Waals surface area contributed by atoms with Crippen molar-refractivity contribution in [3.63, 3.8) is 0 Å². The Hall–Kier alpha value is -2.76. The van der Waals surface area contributed by atoms with Crippen LogP contribution in [0.4, 0.5) is 11.5 Å². The van der Waals surface area contributed by atoms with Crippen molar-refractivity contribution in [2.75, 3.05) is 29.5 Å². The lowest BCUT2D eigenvalue weighted by atomic mass is 10.1. The number of thiocarbonyl (C=S) groups is 1. The van der Waals surface area contributed by atoms with E-state index >= 15 is 0 Å². The van der Waals surface area contributed by atoms with Gasteiger partial charge in [0.05, 0.1) is 0 Å². The quantitative estimate of drug-likeness (QED) is 0.0981. The van der Waals surface area contributed by atoms with Crippen LogP contribution in [0.1, 0.15) is 18.9 Å². The molecule has 8 nitrogen and oxygen atoms in total. The highest BCUT2D eigenvalue weighted by atomic mass is 79.9. The van der Waals surface area contributed by atoms with Gasteiger partial charge in [0.1, 0.15) is 0 Å². The summed E-state index contributed by atoms with van der Waals surface area (Å²) in [5, 5.41) is 19.8. The number of thioether (sulfide) groups is 1. The van der Waals surface area contributed by atoms with Crippen LogP contribution in [0, 0.1) is 0 Å². The van der Waals surface area contributed by atoms with Crippen LogP contribution in [0.2, 0.25) is 0 Å². The third-order valence-corrected chi connectivity index (χ3v) is 6.87. The van der Waals surface area contributed by atoms with Crippen molar-refractivity contribution >= 4 is 67.7 Å². The number of nitrogens with one attached hydrogen (secondary N) is 3. The molecule has 0 amide bonds. The standard InChI is InChI=1S/C24H27BrN8S2/c1-2-16-35-24-29-21(26-13-14-27-23(34)28-19-10-8-18(25)9-11-19)20-22(30-24)33(32-31-20)15-12-17-6-4-3-5-7-17/h3-11H,2,12-16H2,1H3,(H,26,29,30)(H2,27,28,34). The number of halogens is 1. The SMILES string of the molecule is CCCSc1nc(NCCNC(=S)Nc2ccc(Br)cc2)c2nnn(CCc3ccccc3)c2n1. The molecule has 182 valence electrons. The van der Waals surface area contributed by atoms with Crippen LogP contribution in [0.15, 0.2) is 64.2 Å². The predicted molar refractivity (Wildman–Crippen MR) is 151 cm³/mol. The van der Waals surface area contributed by atoms with Crippen molar-refractivity contribution in [1.29, 1.82) is 0 Å². The highest BCUT2D eigenvalue weighted by molar-refractivity contribution is 9.10. The molecule has 35 heavy (non-hydrogen) atoms. The fourth-order valence-electron chi connectivity index (χ4n) is 3.31. The fourth-order valence-corrected chi connectivity index (χ4v) is 4.49. The molecule has 2 aromatic heterocycles. The summed E-state index contributed by atoms with van der Waals surface area (Å²) in [5.41, 5.74) is 3.61. The Morgan fingerprint density at radius 3 is 2.63 bits per heavy atom. The maximum Gasteiger partial charge on any atom is 0.191 e. The van der Waals surface area contributed by atoms with Gasteiger partial charge in [-0.25, -0.2) is 14.6 Å². The van der Waals surface area contributed by atoms with Gasteiger partial charge in [0.2, 0.25) is 0 Å². The van der Waals surface area contributed by atoms with E-state index in [1.165, 1.54) is 5.56 Å². The number of benzene rings is 2. The van der Waals surface area contributed by atoms with Gasteiger partial charge >= 0.3 is 0 Å². The Kier molecular flexibility index (Phi) is 9.27. The highest BCUT2D eigenvalue weighted by Crippen LogP contribution is 2.23. The van der Waals surface area contributed by atoms with E-state index in [4.69, 9.17) is 22.2 Å². The second-order valence-electron chi connectivity index (χ2n) is 7.74. The number of nitrogens with zero attached hydrogens (tertiary/aromatic N) is 5. The van der Waals surface area contributed by atoms with Gasteiger partial charge in [-0.15, -0.1) is 5.10 Å². The van der Waals surface area contributed by atoms with E-state index in [2.05, 4.69) is 61.2 Å². The van der Waals surface area contributed by atoms with Crippen molar-refractivity contribution in [3.8, 4) is 0 Å². The van der Waals surface area contributed by atoms with E-state index in [1.807, 2.05) is 47.1 Å². The van der Waals surface area contributed by atoms with Crippen molar-refractivity contribution in [3.05, 3.63) is 64.6 Å². The van der Waals surface area contributed by atoms with Gasteiger partial charge in [-0.3, -0.25) is 0 Å². The van der Waals surface area contributed by atoms with Crippen LogP contribution in [0.25, 0.3) is 11.2 Å². The maximum atomic E-state index is 5.40. The lowest BCUT2D eigenvalue weighted by Gasteiger charge is -2.12. The summed E-state index contributed by atoms with van der Waals surface area (Å²) in [5.74, 6) is 1.64. The van der Waals surface area contributed by atoms with Crippen LogP contribution in [-0.4, -0.2) is 48.9 Å². The molecule has 0 spiro atoms. The molecule has 0 aliphatic rings. The first-order valence-electron chi connectivity index (χ1n) is 11.4. The van der Waals surface area contributed by atoms with Crippen LogP contribution in [-0.2, 0) is 13.0 Å². The summed E-state index contributed by atoms with van der Waals surface area (Å²) in [7, 11) is 0. The van der Waals surface area contributed by atoms with Gasteiger partial charge < -0.3 is 16.0 Å². The highest BCUT2D eigenvalue weighted by Gasteiger charge is 2.15. The zero-order chi connectivity index (χ0) is 24.5. The molecule has 0 saturated carbocycles. The van der Waals surface area contributed by atoms with E-state index < -0.39 is 0 Å². The lowest BCUT2D eigenvalue weighted by Crippen LogP contribution is -2.32. The molecular weight excluding hydrogens is 544 g/mol. The number of hydrogen-bond donors (Lipinski definition) is 3. The minimum Gasteiger partial charge on any atom is -0.366 e. The lowest BCUT2D eigenvalue weighted by molar-refractivity contribution is 0.600. The van der Waals surface area contributed by atoms with Gasteiger partial charge in [0.15, 0.2) is 27.3 Å². The normalized spacial score (nSPS) is 10.9. The van der Waals surface area contributed by atoms with E-state index in [9.17, 15) is 0 Å². The second-order valence-corrected chi connectivity index (χ2v) is 10.1. The Morgan fingerprint density at radius 1 is 1.06 bits per heavy atom. The van der Waals surface area contributed by atoms with Gasteiger partial charge in [-0.05, 0) is 54.9 Å². The zero-order valence-corrected chi connectivity index (χ0v) is 22.6. The molecule has 4 aromatic rings. The summed E-state index contributed by atoms with van der Waals surface area (Å²) in [6.45, 7) is 4.08. The molecule has 0 atom stereocenters. The molecule has 2 heterocycles. The average Bonchev–Trinajstić information content (AvgIpc) is 3.29. The van der Waals surface area contributed by atoms with Crippen LogP contribution < -0.4 is 16.0 Å². The van der Waals surface area contributed by atoms with Crippen LogP contribution in [0.5, 0.6) is 0 Å². The number of aromatic nitrogens is 5. The smallest absolute Gasteiger partial charge is 0.191 e. The fraction of sp³-hybridized carbons (Fsp3) is 0.292. The molecule has 3 N–H and O–H groups in total. The molecule has 0 aliphatic heterocycles. The number of rotatable bonds is 11. The van der Waals surface area contributed by atoms with Crippen molar-refractivity contribution in [1.82, 2.24) is 30.3 Å². The first-order chi connectivity index (χ1) is 17.1. The molecule has 0 saturated heterocycles. The summed E-state index contributed by atoms with van der Waals surface area (Å²) in [6, 6.07) is 18.2. The number of fused-ring (bicyclic) bond motifs is 1. The number of aryl methyl sites for hydroxylation is 2. The van der Waals surface area contributed by atoms with Gasteiger partial charge in [0, 0.05) is 35.5 Å². The molecule has 0 unspecified atom stereocenters. The summed E-state index contributed by atoms with van der Waals surface area (Å²) in [4.78, 5) is 9.46. The Balaban J connectivity index is 1.39. The summed E-state index contributed by atoms with van der Waals surface area (Å²) >= 11 is 10.5. The van der Waals surface area contributed by atoms with Gasteiger partial charge in [-0.2, -0.15) is 0 Å². The van der Waals surface area contributed by atoms with Crippen LogP contribution >= 0.6 is 39.9 Å². The minimum atomic E-state index is 0.563. The molecule has 0 bridgehead atoms. The average molecular weight is 572 g/mol. The molecule has 0 aliphatic carbocycles. The molecule has 0 fully saturated rings. The number of anilines is 2. The van der Waals surface area contributed by atoms with E-state index in [0.717, 1.165) is 39.6 Å². The van der Waals surface area contributed by atoms with Gasteiger partial charge in [-0.1, -0.05) is 70.2 Å². The van der Waals surface area contributed by atoms with E-state index in [-0.39, 0.29) is 0 Å². The first-order valence-corrected chi connectivity index (χ1v) is 13.6. The first kappa shape index (κ1) is 25.3. The Labute approximate surface area is 222 Å². The topological polar surface area (TPSA) is 92.6 Å². The van der Waals surface area contributed by atoms with Crippen molar-refractivity contribution < 1.29 is 0 Å². The zero-order valence-electron chi connectivity index (χ0n) is 19.4. The van der Waals surface area contributed by atoms with Crippen LogP contribution in [0.3, 0.4) is 0 Å². The molecule has 2 aromatic carbocycles. The van der Waals surface area contributed by atoms with E-state index in [1.54, 1.807) is 11.8 Å². The largest absolute Gasteiger partial charge is 0.366 e. The minimum absolute atomic E-state index is 0.563. The van der Waals surface area contributed by atoms with E-state index in [0.29, 0.717) is 36.1 Å². The van der Waals surface area contributed by atoms with Crippen molar-refractivity contribution in [2.45, 2.75) is 31.5 Å². The molecule has 11 heteroatoms. The summed E-state index contributed by atoms with van der Waals surface area (Å²) in [6.07, 6.45) is 1.91. The predicted octanol–water partition coefficient (Wildman–Crippen LogP) is 5.13. The molecule has 0 radical (unpaired) electrons. The Morgan fingerprint density at radius 2 is 1.86 bits per heavy atom. The second kappa shape index (κ2) is 12.8. The monoisotopic (exact) mass is 570 g/mol. The van der Waals surface area contributed by atoms with Gasteiger partial charge in [0.25, 0.3) is 0 Å².